The zero-order valence-electron chi connectivity index (χ0n) is 20.9. The Morgan fingerprint density at radius 3 is 2.59 bits per heavy atom. The molecule has 0 unspecified atom stereocenters. The largest absolute Gasteiger partial charge is 0.497 e. The maximum absolute atomic E-state index is 12.8. The molecule has 3 heterocycles. The molecule has 2 N–H and O–H groups in total. The first-order chi connectivity index (χ1) is 19.0. The van der Waals surface area contributed by atoms with Crippen LogP contribution in [0.2, 0.25) is 0 Å². The summed E-state index contributed by atoms with van der Waals surface area (Å²) in [7, 11) is -2.02. The van der Waals surface area contributed by atoms with Gasteiger partial charge < -0.3 is 10.1 Å². The van der Waals surface area contributed by atoms with Crippen LogP contribution < -0.4 is 14.8 Å². The van der Waals surface area contributed by atoms with Gasteiger partial charge in [-0.1, -0.05) is 30.3 Å². The van der Waals surface area contributed by atoms with Gasteiger partial charge in [-0.15, -0.1) is 11.3 Å². The number of thiazole rings is 1. The monoisotopic (exact) mass is 556 g/mol. The molecule has 9 nitrogen and oxygen atoms in total. The highest BCUT2D eigenvalue weighted by atomic mass is 32.2. The lowest BCUT2D eigenvalue weighted by molar-refractivity contribution is 0.415. The molecule has 0 atom stereocenters. The number of ether oxygens (including phenoxy) is 1. The topological polar surface area (TPSA) is 111 Å². The van der Waals surface area contributed by atoms with Crippen LogP contribution in [0.1, 0.15) is 0 Å². The summed E-state index contributed by atoms with van der Waals surface area (Å²) in [5.74, 6) is 1.16. The number of sulfonamides is 1. The number of methoxy groups -OCH3 is 1. The second-order valence-corrected chi connectivity index (χ2v) is 11.3. The first-order valence-corrected chi connectivity index (χ1v) is 14.5. The summed E-state index contributed by atoms with van der Waals surface area (Å²) in [6, 6.07) is 22.3. The molecule has 0 aliphatic rings. The zero-order chi connectivity index (χ0) is 26.8. The fraction of sp³-hybridized carbons (Fsp3) is 0.107. The second kappa shape index (κ2) is 10.4. The number of anilines is 1. The number of rotatable bonds is 9. The number of hydrogen-bond acceptors (Lipinski definition) is 8. The Bertz CT molecular complexity index is 1880. The molecule has 3 aromatic carbocycles. The quantitative estimate of drug-likeness (QED) is 0.239. The van der Waals surface area contributed by atoms with E-state index < -0.39 is 10.0 Å². The molecule has 0 saturated carbocycles. The van der Waals surface area contributed by atoms with E-state index in [4.69, 9.17) is 14.7 Å². The Kier molecular flexibility index (Phi) is 6.69. The van der Waals surface area contributed by atoms with Gasteiger partial charge in [-0.2, -0.15) is 0 Å². The van der Waals surface area contributed by atoms with E-state index in [0.29, 0.717) is 18.2 Å². The molecular formula is C28H24N6O3S2. The Balaban J connectivity index is 1.18. The molecule has 0 bridgehead atoms. The van der Waals surface area contributed by atoms with Gasteiger partial charge in [0.1, 0.15) is 11.4 Å². The van der Waals surface area contributed by atoms with E-state index in [-0.39, 0.29) is 11.4 Å². The van der Waals surface area contributed by atoms with Crippen molar-refractivity contribution in [2.24, 2.45) is 0 Å². The predicted molar refractivity (Wildman–Crippen MR) is 154 cm³/mol. The fourth-order valence-electron chi connectivity index (χ4n) is 4.33. The minimum Gasteiger partial charge on any atom is -0.497 e. The summed E-state index contributed by atoms with van der Waals surface area (Å²) in [5.41, 5.74) is 3.29. The number of imidazole rings is 1. The highest BCUT2D eigenvalue weighted by Gasteiger charge is 2.19. The summed E-state index contributed by atoms with van der Waals surface area (Å²) in [5, 5.41) is 6.96. The minimum absolute atomic E-state index is 0.168. The molecule has 6 rings (SSSR count). The van der Waals surface area contributed by atoms with Gasteiger partial charge in [-0.25, -0.2) is 28.1 Å². The number of nitrogens with one attached hydrogen (secondary N) is 2. The Hall–Kier alpha value is -4.32. The van der Waals surface area contributed by atoms with E-state index in [1.807, 2.05) is 76.6 Å². The average Bonchev–Trinajstić information content (AvgIpc) is 3.57. The SMILES string of the molecule is COc1ccc(-c2nc3sccn3c2-c2ccnc(NCCNS(=O)(=O)c3ccc4ccccc4c3)n2)cc1. The highest BCUT2D eigenvalue weighted by molar-refractivity contribution is 7.89. The molecule has 3 aromatic heterocycles. The third-order valence-corrected chi connectivity index (χ3v) is 8.47. The van der Waals surface area contributed by atoms with Crippen molar-refractivity contribution >= 4 is 43.0 Å². The normalized spacial score (nSPS) is 11.7. The number of fused-ring (bicyclic) bond motifs is 2. The molecule has 0 radical (unpaired) electrons. The number of nitrogens with zero attached hydrogens (tertiary/aromatic N) is 4. The van der Waals surface area contributed by atoms with Crippen molar-refractivity contribution in [2.75, 3.05) is 25.5 Å². The van der Waals surface area contributed by atoms with E-state index in [1.165, 1.54) is 0 Å². The Labute approximate surface area is 229 Å². The van der Waals surface area contributed by atoms with Gasteiger partial charge in [0.25, 0.3) is 0 Å². The van der Waals surface area contributed by atoms with Gasteiger partial charge >= 0.3 is 0 Å². The van der Waals surface area contributed by atoms with Gasteiger partial charge in [-0.3, -0.25) is 4.40 Å². The summed E-state index contributed by atoms with van der Waals surface area (Å²) in [4.78, 5) is 15.0. The van der Waals surface area contributed by atoms with Crippen LogP contribution in [0.15, 0.2) is 95.5 Å². The highest BCUT2D eigenvalue weighted by Crippen LogP contribution is 2.34. The van der Waals surface area contributed by atoms with Crippen LogP contribution in [0.25, 0.3) is 38.4 Å². The van der Waals surface area contributed by atoms with Crippen molar-refractivity contribution in [3.8, 4) is 28.4 Å². The van der Waals surface area contributed by atoms with Crippen LogP contribution in [0.3, 0.4) is 0 Å². The zero-order valence-corrected chi connectivity index (χ0v) is 22.5. The molecule has 0 fully saturated rings. The lowest BCUT2D eigenvalue weighted by Gasteiger charge is -2.10. The predicted octanol–water partition coefficient (Wildman–Crippen LogP) is 5.07. The first kappa shape index (κ1) is 25.0. The summed E-state index contributed by atoms with van der Waals surface area (Å²) < 4.78 is 35.6. The van der Waals surface area contributed by atoms with E-state index in [9.17, 15) is 8.42 Å². The van der Waals surface area contributed by atoms with Crippen LogP contribution >= 0.6 is 11.3 Å². The van der Waals surface area contributed by atoms with Crippen LogP contribution in [0.4, 0.5) is 5.95 Å². The fourth-order valence-corrected chi connectivity index (χ4v) is 6.11. The molecule has 0 saturated heterocycles. The maximum Gasteiger partial charge on any atom is 0.240 e. The molecule has 0 aliphatic carbocycles. The summed E-state index contributed by atoms with van der Waals surface area (Å²) >= 11 is 1.54. The van der Waals surface area contributed by atoms with Crippen LogP contribution in [-0.2, 0) is 10.0 Å². The van der Waals surface area contributed by atoms with Gasteiger partial charge in [0.15, 0.2) is 4.96 Å². The van der Waals surface area contributed by atoms with Crippen LogP contribution in [0.5, 0.6) is 5.75 Å². The first-order valence-electron chi connectivity index (χ1n) is 12.2. The van der Waals surface area contributed by atoms with Gasteiger partial charge in [0.2, 0.25) is 16.0 Å². The summed E-state index contributed by atoms with van der Waals surface area (Å²) in [6.45, 7) is 0.475. The third kappa shape index (κ3) is 5.07. The third-order valence-electron chi connectivity index (χ3n) is 6.26. The lowest BCUT2D eigenvalue weighted by atomic mass is 10.1. The second-order valence-electron chi connectivity index (χ2n) is 8.69. The van der Waals surface area contributed by atoms with Crippen molar-refractivity contribution in [3.63, 3.8) is 0 Å². The van der Waals surface area contributed by atoms with Crippen molar-refractivity contribution in [2.45, 2.75) is 4.90 Å². The average molecular weight is 557 g/mol. The Morgan fingerprint density at radius 2 is 1.77 bits per heavy atom. The summed E-state index contributed by atoms with van der Waals surface area (Å²) in [6.07, 6.45) is 3.64. The molecule has 6 aromatic rings. The van der Waals surface area contributed by atoms with Gasteiger partial charge in [0.05, 0.1) is 23.4 Å². The minimum atomic E-state index is -3.66. The number of benzene rings is 3. The molecule has 39 heavy (non-hydrogen) atoms. The van der Waals surface area contributed by atoms with Crippen molar-refractivity contribution in [3.05, 3.63) is 90.6 Å². The molecule has 196 valence electrons. The molecule has 11 heteroatoms. The molecule has 0 spiro atoms. The van der Waals surface area contributed by atoms with Crippen molar-refractivity contribution in [1.82, 2.24) is 24.1 Å². The van der Waals surface area contributed by atoms with Gasteiger partial charge in [0, 0.05) is 36.4 Å². The van der Waals surface area contributed by atoms with E-state index in [1.54, 1.807) is 36.8 Å². The van der Waals surface area contributed by atoms with Crippen molar-refractivity contribution < 1.29 is 13.2 Å². The smallest absolute Gasteiger partial charge is 0.240 e. The van der Waals surface area contributed by atoms with Crippen molar-refractivity contribution in [1.29, 1.82) is 0 Å². The van der Waals surface area contributed by atoms with Crippen LogP contribution in [-0.4, -0.2) is 48.0 Å². The number of hydrogen-bond donors (Lipinski definition) is 2. The molecule has 0 amide bonds. The Morgan fingerprint density at radius 1 is 0.949 bits per heavy atom. The molecule has 0 aliphatic heterocycles. The van der Waals surface area contributed by atoms with E-state index >= 15 is 0 Å². The maximum atomic E-state index is 12.8. The standard InChI is InChI=1S/C28H24N6O3S2/c1-37-22-9-6-20(7-10-22)25-26(34-16-17-38-28(34)33-25)24-12-13-29-27(32-24)30-14-15-31-39(35,36)23-11-8-19-4-2-3-5-21(19)18-23/h2-13,16-18,31H,14-15H2,1H3,(H,29,30,32). The number of aromatic nitrogens is 4. The van der Waals surface area contributed by atoms with Crippen LogP contribution in [0, 0.1) is 0 Å². The van der Waals surface area contributed by atoms with E-state index in [2.05, 4.69) is 15.0 Å². The molecular weight excluding hydrogens is 532 g/mol. The van der Waals surface area contributed by atoms with E-state index in [0.717, 1.165) is 38.4 Å². The van der Waals surface area contributed by atoms with Gasteiger partial charge in [-0.05, 0) is 53.2 Å². The lowest BCUT2D eigenvalue weighted by Crippen LogP contribution is -2.29.